The second-order valence-electron chi connectivity index (χ2n) is 3.56. The van der Waals surface area contributed by atoms with Crippen LogP contribution in [0.5, 0.6) is 0 Å². The van der Waals surface area contributed by atoms with Gasteiger partial charge in [0.15, 0.2) is 0 Å². The van der Waals surface area contributed by atoms with Gasteiger partial charge in [0, 0.05) is 13.1 Å². The molecule has 80 valence electrons. The van der Waals surface area contributed by atoms with Crippen molar-refractivity contribution in [2.24, 2.45) is 5.73 Å². The molecule has 5 heteroatoms. The van der Waals surface area contributed by atoms with Gasteiger partial charge in [0.1, 0.15) is 5.84 Å². The first-order valence-electron chi connectivity index (χ1n) is 5.04. The first-order valence-corrected chi connectivity index (χ1v) is 5.04. The van der Waals surface area contributed by atoms with E-state index < -0.39 is 0 Å². The van der Waals surface area contributed by atoms with Gasteiger partial charge in [-0.15, -0.1) is 0 Å². The van der Waals surface area contributed by atoms with Gasteiger partial charge >= 0.3 is 6.03 Å². The van der Waals surface area contributed by atoms with Gasteiger partial charge in [-0.25, -0.2) is 4.79 Å². The average Bonchev–Trinajstić information content (AvgIpc) is 2.65. The van der Waals surface area contributed by atoms with Crippen LogP contribution < -0.4 is 11.1 Å². The van der Waals surface area contributed by atoms with Crippen LogP contribution in [0.25, 0.3) is 0 Å². The molecule has 0 aromatic rings. The van der Waals surface area contributed by atoms with E-state index in [0.29, 0.717) is 6.42 Å². The topological polar surface area (TPSA) is 82.2 Å². The number of likely N-dealkylation sites (tertiary alicyclic amines) is 1. The van der Waals surface area contributed by atoms with Crippen LogP contribution in [0, 0.1) is 5.41 Å². The molecule has 0 spiro atoms. The Labute approximate surface area is 84.1 Å². The normalized spacial score (nSPS) is 17.9. The molecule has 1 aliphatic heterocycles. The quantitative estimate of drug-likeness (QED) is 0.456. The number of carbonyl (C=O) groups excluding carboxylic acids is 1. The number of nitrogens with two attached hydrogens (primary N) is 1. The van der Waals surface area contributed by atoms with E-state index in [0.717, 1.165) is 25.9 Å². The van der Waals surface area contributed by atoms with Crippen LogP contribution in [0.3, 0.4) is 0 Å². The zero-order chi connectivity index (χ0) is 10.6. The maximum Gasteiger partial charge on any atom is 0.317 e. The summed E-state index contributed by atoms with van der Waals surface area (Å²) in [6.45, 7) is 3.54. The number of rotatable bonds is 3. The molecule has 0 saturated carbocycles. The molecule has 14 heavy (non-hydrogen) atoms. The highest BCUT2D eigenvalue weighted by atomic mass is 16.2. The Bertz CT molecular complexity index is 223. The van der Waals surface area contributed by atoms with Crippen molar-refractivity contribution in [2.75, 3.05) is 13.1 Å². The molecule has 1 aliphatic rings. The Morgan fingerprint density at radius 2 is 2.14 bits per heavy atom. The fourth-order valence-corrected chi connectivity index (χ4v) is 1.56. The summed E-state index contributed by atoms with van der Waals surface area (Å²) in [6.07, 6.45) is 2.81. The fourth-order valence-electron chi connectivity index (χ4n) is 1.56. The molecular formula is C9H18N4O. The summed E-state index contributed by atoms with van der Waals surface area (Å²) in [4.78, 5) is 13.4. The zero-order valence-electron chi connectivity index (χ0n) is 8.55. The largest absolute Gasteiger partial charge is 0.386 e. The number of nitrogens with zero attached hydrogens (tertiary/aromatic N) is 1. The Balaban J connectivity index is 2.41. The standard InChI is InChI=1S/C9H18N4O/c1-2-7(8(10)11)12-9(14)13-5-3-4-6-13/h7H,2-6H2,1H3,(H3,10,11)(H,12,14). The predicted octanol–water partition coefficient (Wildman–Crippen LogP) is 0.506. The maximum absolute atomic E-state index is 11.6. The molecular weight excluding hydrogens is 180 g/mol. The highest BCUT2D eigenvalue weighted by Crippen LogP contribution is 2.07. The summed E-state index contributed by atoms with van der Waals surface area (Å²) in [7, 11) is 0. The monoisotopic (exact) mass is 198 g/mol. The Morgan fingerprint density at radius 1 is 1.57 bits per heavy atom. The van der Waals surface area contributed by atoms with Gasteiger partial charge in [-0.2, -0.15) is 0 Å². The molecule has 0 aromatic carbocycles. The van der Waals surface area contributed by atoms with E-state index in [1.807, 2.05) is 6.92 Å². The minimum atomic E-state index is -0.317. The van der Waals surface area contributed by atoms with Gasteiger partial charge in [0.2, 0.25) is 0 Å². The number of urea groups is 1. The highest BCUT2D eigenvalue weighted by Gasteiger charge is 2.20. The molecule has 0 bridgehead atoms. The lowest BCUT2D eigenvalue weighted by atomic mass is 10.2. The third-order valence-electron chi connectivity index (χ3n) is 2.47. The van der Waals surface area contributed by atoms with Crippen molar-refractivity contribution in [2.45, 2.75) is 32.2 Å². The number of carbonyl (C=O) groups is 1. The van der Waals surface area contributed by atoms with Crippen LogP contribution in [-0.4, -0.2) is 35.9 Å². The minimum absolute atomic E-state index is 0.0278. The summed E-state index contributed by atoms with van der Waals surface area (Å²) in [5, 5.41) is 10.0. The molecule has 1 unspecified atom stereocenters. The highest BCUT2D eigenvalue weighted by molar-refractivity contribution is 5.87. The number of amides is 2. The summed E-state index contributed by atoms with van der Waals surface area (Å²) < 4.78 is 0. The molecule has 5 nitrogen and oxygen atoms in total. The molecule has 1 atom stereocenters. The Morgan fingerprint density at radius 3 is 2.57 bits per heavy atom. The van der Waals surface area contributed by atoms with Gasteiger partial charge < -0.3 is 16.0 Å². The van der Waals surface area contributed by atoms with E-state index in [2.05, 4.69) is 5.32 Å². The predicted molar refractivity (Wildman–Crippen MR) is 55.3 cm³/mol. The first-order chi connectivity index (χ1) is 6.65. The lowest BCUT2D eigenvalue weighted by Gasteiger charge is -2.21. The summed E-state index contributed by atoms with van der Waals surface area (Å²) >= 11 is 0. The third kappa shape index (κ3) is 2.61. The number of hydrogen-bond acceptors (Lipinski definition) is 2. The summed E-state index contributed by atoms with van der Waals surface area (Å²) in [5.74, 6) is 0.0278. The van der Waals surface area contributed by atoms with Gasteiger partial charge in [0.25, 0.3) is 0 Å². The van der Waals surface area contributed by atoms with Crippen molar-refractivity contribution in [1.82, 2.24) is 10.2 Å². The van der Waals surface area contributed by atoms with Crippen molar-refractivity contribution in [3.8, 4) is 0 Å². The summed E-state index contributed by atoms with van der Waals surface area (Å²) in [6, 6.07) is -0.410. The van der Waals surface area contributed by atoms with Crippen molar-refractivity contribution in [3.63, 3.8) is 0 Å². The van der Waals surface area contributed by atoms with E-state index in [-0.39, 0.29) is 17.9 Å². The van der Waals surface area contributed by atoms with Crippen LogP contribution in [0.1, 0.15) is 26.2 Å². The molecule has 1 rings (SSSR count). The smallest absolute Gasteiger partial charge is 0.317 e. The van der Waals surface area contributed by atoms with Crippen LogP contribution in [0.15, 0.2) is 0 Å². The van der Waals surface area contributed by atoms with E-state index in [4.69, 9.17) is 11.1 Å². The average molecular weight is 198 g/mol. The second-order valence-corrected chi connectivity index (χ2v) is 3.56. The van der Waals surface area contributed by atoms with E-state index in [1.165, 1.54) is 0 Å². The van der Waals surface area contributed by atoms with E-state index in [1.54, 1.807) is 4.90 Å². The van der Waals surface area contributed by atoms with Gasteiger partial charge in [0.05, 0.1) is 6.04 Å². The van der Waals surface area contributed by atoms with E-state index >= 15 is 0 Å². The van der Waals surface area contributed by atoms with Crippen LogP contribution in [0.4, 0.5) is 4.79 Å². The Kier molecular flexibility index (Phi) is 3.73. The van der Waals surface area contributed by atoms with Gasteiger partial charge in [-0.05, 0) is 19.3 Å². The molecule has 1 heterocycles. The molecule has 1 saturated heterocycles. The minimum Gasteiger partial charge on any atom is -0.386 e. The molecule has 0 radical (unpaired) electrons. The third-order valence-corrected chi connectivity index (χ3v) is 2.47. The van der Waals surface area contributed by atoms with Crippen molar-refractivity contribution >= 4 is 11.9 Å². The molecule has 0 aliphatic carbocycles. The van der Waals surface area contributed by atoms with Crippen LogP contribution in [-0.2, 0) is 0 Å². The van der Waals surface area contributed by atoms with Gasteiger partial charge in [-0.3, -0.25) is 5.41 Å². The molecule has 2 amide bonds. The molecule has 1 fully saturated rings. The van der Waals surface area contributed by atoms with Crippen LogP contribution >= 0.6 is 0 Å². The van der Waals surface area contributed by atoms with Crippen molar-refractivity contribution < 1.29 is 4.79 Å². The van der Waals surface area contributed by atoms with Crippen molar-refractivity contribution in [3.05, 3.63) is 0 Å². The lowest BCUT2D eigenvalue weighted by Crippen LogP contribution is -2.48. The molecule has 4 N–H and O–H groups in total. The number of amidine groups is 1. The first kappa shape index (κ1) is 10.8. The molecule has 0 aromatic heterocycles. The lowest BCUT2D eigenvalue weighted by molar-refractivity contribution is 0.207. The number of nitrogens with one attached hydrogen (secondary N) is 2. The van der Waals surface area contributed by atoms with Crippen molar-refractivity contribution in [1.29, 1.82) is 5.41 Å². The fraction of sp³-hybridized carbons (Fsp3) is 0.778. The maximum atomic E-state index is 11.6. The second kappa shape index (κ2) is 4.83. The number of hydrogen-bond donors (Lipinski definition) is 3. The SMILES string of the molecule is CCC(NC(=O)N1CCCC1)C(=N)N. The van der Waals surface area contributed by atoms with E-state index in [9.17, 15) is 4.79 Å². The zero-order valence-corrected chi connectivity index (χ0v) is 8.55. The van der Waals surface area contributed by atoms with Crippen LogP contribution in [0.2, 0.25) is 0 Å². The summed E-state index contributed by atoms with van der Waals surface area (Å²) in [5.41, 5.74) is 5.34. The Hall–Kier alpha value is -1.26. The van der Waals surface area contributed by atoms with Gasteiger partial charge in [-0.1, -0.05) is 6.92 Å².